The highest BCUT2D eigenvalue weighted by Gasteiger charge is 2.33. The lowest BCUT2D eigenvalue weighted by molar-refractivity contribution is 0.0684. The van der Waals surface area contributed by atoms with Crippen molar-refractivity contribution >= 4 is 17.8 Å². The van der Waals surface area contributed by atoms with Crippen LogP contribution in [0.1, 0.15) is 24.2 Å². The number of fused-ring (bicyclic) bond motifs is 2. The van der Waals surface area contributed by atoms with Crippen molar-refractivity contribution in [2.45, 2.75) is 26.0 Å². The van der Waals surface area contributed by atoms with Gasteiger partial charge in [-0.2, -0.15) is 0 Å². The van der Waals surface area contributed by atoms with Gasteiger partial charge in [-0.3, -0.25) is 9.79 Å². The Labute approximate surface area is 123 Å². The SMILES string of the molecule is COc1cc2c(cc1OC(C)C)N=CC1COCN1C2=O. The number of nitrogens with zero attached hydrogens (tertiary/aromatic N) is 2. The molecule has 0 bridgehead atoms. The summed E-state index contributed by atoms with van der Waals surface area (Å²) in [6, 6.07) is 3.34. The van der Waals surface area contributed by atoms with E-state index in [0.717, 1.165) is 0 Å². The maximum absolute atomic E-state index is 12.6. The summed E-state index contributed by atoms with van der Waals surface area (Å²) in [6.07, 6.45) is 1.77. The van der Waals surface area contributed by atoms with Crippen LogP contribution in [-0.4, -0.2) is 49.6 Å². The smallest absolute Gasteiger partial charge is 0.258 e. The monoisotopic (exact) mass is 290 g/mol. The van der Waals surface area contributed by atoms with Crippen molar-refractivity contribution in [1.82, 2.24) is 4.90 Å². The highest BCUT2D eigenvalue weighted by Crippen LogP contribution is 2.37. The van der Waals surface area contributed by atoms with E-state index in [2.05, 4.69) is 4.99 Å². The summed E-state index contributed by atoms with van der Waals surface area (Å²) in [5.41, 5.74) is 1.11. The molecule has 0 N–H and O–H groups in total. The summed E-state index contributed by atoms with van der Waals surface area (Å²) in [7, 11) is 1.56. The van der Waals surface area contributed by atoms with Crippen LogP contribution in [0.4, 0.5) is 5.69 Å². The Morgan fingerprint density at radius 1 is 1.38 bits per heavy atom. The van der Waals surface area contributed by atoms with Gasteiger partial charge < -0.3 is 19.1 Å². The third kappa shape index (κ3) is 2.47. The van der Waals surface area contributed by atoms with Gasteiger partial charge in [-0.15, -0.1) is 0 Å². The lowest BCUT2D eigenvalue weighted by Gasteiger charge is -2.19. The Bertz CT molecular complexity index is 598. The molecule has 0 aliphatic carbocycles. The van der Waals surface area contributed by atoms with Gasteiger partial charge in [-0.05, 0) is 19.9 Å². The van der Waals surface area contributed by atoms with Crippen LogP contribution in [0.25, 0.3) is 0 Å². The molecule has 6 heteroatoms. The van der Waals surface area contributed by atoms with E-state index in [1.165, 1.54) is 0 Å². The Morgan fingerprint density at radius 3 is 2.90 bits per heavy atom. The molecule has 1 saturated heterocycles. The molecule has 1 amide bonds. The maximum Gasteiger partial charge on any atom is 0.258 e. The van der Waals surface area contributed by atoms with Gasteiger partial charge in [0.25, 0.3) is 5.91 Å². The van der Waals surface area contributed by atoms with Crippen LogP contribution < -0.4 is 9.47 Å². The van der Waals surface area contributed by atoms with E-state index < -0.39 is 0 Å². The average molecular weight is 290 g/mol. The van der Waals surface area contributed by atoms with Crippen LogP contribution in [0.2, 0.25) is 0 Å². The van der Waals surface area contributed by atoms with E-state index in [-0.39, 0.29) is 18.1 Å². The summed E-state index contributed by atoms with van der Waals surface area (Å²) >= 11 is 0. The standard InChI is InChI=1S/C15H18N2O4/c1-9(2)21-14-5-12-11(4-13(14)19-3)15(18)17-8-20-7-10(17)6-16-12/h4-6,9-10H,7-8H2,1-3H3. The first-order chi connectivity index (χ1) is 10.1. The van der Waals surface area contributed by atoms with E-state index in [9.17, 15) is 4.79 Å². The maximum atomic E-state index is 12.6. The Morgan fingerprint density at radius 2 is 2.19 bits per heavy atom. The van der Waals surface area contributed by atoms with Gasteiger partial charge >= 0.3 is 0 Å². The quantitative estimate of drug-likeness (QED) is 0.854. The molecule has 0 aromatic heterocycles. The van der Waals surface area contributed by atoms with Crippen molar-refractivity contribution in [2.24, 2.45) is 4.99 Å². The van der Waals surface area contributed by atoms with Gasteiger partial charge in [0.15, 0.2) is 11.5 Å². The van der Waals surface area contributed by atoms with Crippen LogP contribution >= 0.6 is 0 Å². The zero-order chi connectivity index (χ0) is 15.0. The second-order valence-corrected chi connectivity index (χ2v) is 5.31. The molecular weight excluding hydrogens is 272 g/mol. The number of amides is 1. The van der Waals surface area contributed by atoms with Crippen molar-refractivity contribution in [2.75, 3.05) is 20.4 Å². The van der Waals surface area contributed by atoms with Gasteiger partial charge in [0, 0.05) is 12.3 Å². The fourth-order valence-corrected chi connectivity index (χ4v) is 2.44. The largest absolute Gasteiger partial charge is 0.493 e. The molecular formula is C15H18N2O4. The van der Waals surface area contributed by atoms with Crippen molar-refractivity contribution in [3.8, 4) is 11.5 Å². The molecule has 2 aliphatic heterocycles. The molecule has 6 nitrogen and oxygen atoms in total. The zero-order valence-corrected chi connectivity index (χ0v) is 12.3. The van der Waals surface area contributed by atoms with Gasteiger partial charge in [0.2, 0.25) is 0 Å². The first-order valence-electron chi connectivity index (χ1n) is 6.91. The van der Waals surface area contributed by atoms with Crippen LogP contribution in [0.5, 0.6) is 11.5 Å². The van der Waals surface area contributed by atoms with E-state index in [1.54, 1.807) is 30.4 Å². The number of hydrogen-bond acceptors (Lipinski definition) is 5. The van der Waals surface area contributed by atoms with E-state index in [4.69, 9.17) is 14.2 Å². The number of benzene rings is 1. The fourth-order valence-electron chi connectivity index (χ4n) is 2.44. The third-order valence-corrected chi connectivity index (χ3v) is 3.44. The van der Waals surface area contributed by atoms with Crippen molar-refractivity contribution < 1.29 is 19.0 Å². The van der Waals surface area contributed by atoms with Crippen LogP contribution in [-0.2, 0) is 4.74 Å². The second-order valence-electron chi connectivity index (χ2n) is 5.31. The molecule has 0 spiro atoms. The summed E-state index contributed by atoms with van der Waals surface area (Å²) < 4.78 is 16.4. The predicted octanol–water partition coefficient (Wildman–Crippen LogP) is 2.00. The van der Waals surface area contributed by atoms with Crippen molar-refractivity contribution in [3.05, 3.63) is 17.7 Å². The molecule has 1 fully saturated rings. The molecule has 1 aromatic carbocycles. The summed E-state index contributed by atoms with van der Waals surface area (Å²) in [5.74, 6) is 1.03. The minimum Gasteiger partial charge on any atom is -0.493 e. The normalized spacial score (nSPS) is 20.3. The van der Waals surface area contributed by atoms with Crippen LogP contribution in [0.3, 0.4) is 0 Å². The van der Waals surface area contributed by atoms with E-state index in [1.807, 2.05) is 13.8 Å². The Hall–Kier alpha value is -2.08. The third-order valence-electron chi connectivity index (χ3n) is 3.44. The van der Waals surface area contributed by atoms with E-state index in [0.29, 0.717) is 36.1 Å². The number of aliphatic imine (C=N–C) groups is 1. The molecule has 1 atom stereocenters. The van der Waals surface area contributed by atoms with Gasteiger partial charge in [-0.1, -0.05) is 0 Å². The summed E-state index contributed by atoms with van der Waals surface area (Å²) in [5, 5.41) is 0. The molecule has 1 unspecified atom stereocenters. The number of hydrogen-bond donors (Lipinski definition) is 0. The highest BCUT2D eigenvalue weighted by molar-refractivity contribution is 6.03. The zero-order valence-electron chi connectivity index (χ0n) is 12.3. The second kappa shape index (κ2) is 5.37. The molecule has 112 valence electrons. The first kappa shape index (κ1) is 13.9. The summed E-state index contributed by atoms with van der Waals surface area (Å²) in [4.78, 5) is 18.7. The van der Waals surface area contributed by atoms with E-state index >= 15 is 0 Å². The minimum absolute atomic E-state index is 0.0129. The molecule has 2 aliphatic rings. The van der Waals surface area contributed by atoms with Gasteiger partial charge in [-0.25, -0.2) is 0 Å². The molecule has 0 radical (unpaired) electrons. The van der Waals surface area contributed by atoms with Crippen molar-refractivity contribution in [3.63, 3.8) is 0 Å². The molecule has 0 saturated carbocycles. The Balaban J connectivity index is 2.06. The predicted molar refractivity (Wildman–Crippen MR) is 77.7 cm³/mol. The minimum atomic E-state index is -0.106. The molecule has 1 aromatic rings. The number of carbonyl (C=O) groups excluding carboxylic acids is 1. The molecule has 2 heterocycles. The highest BCUT2D eigenvalue weighted by atomic mass is 16.5. The Kier molecular flexibility index (Phi) is 3.55. The fraction of sp³-hybridized carbons (Fsp3) is 0.467. The molecule has 3 rings (SSSR count). The van der Waals surface area contributed by atoms with Gasteiger partial charge in [0.05, 0.1) is 37.1 Å². The number of ether oxygens (including phenoxy) is 3. The van der Waals surface area contributed by atoms with Crippen molar-refractivity contribution in [1.29, 1.82) is 0 Å². The number of methoxy groups -OCH3 is 1. The lowest BCUT2D eigenvalue weighted by Crippen LogP contribution is -2.36. The number of carbonyl (C=O) groups is 1. The summed E-state index contributed by atoms with van der Waals surface area (Å²) in [6.45, 7) is 4.65. The van der Waals surface area contributed by atoms with Crippen LogP contribution in [0, 0.1) is 0 Å². The topological polar surface area (TPSA) is 60.4 Å². The average Bonchev–Trinajstić information content (AvgIpc) is 2.87. The number of rotatable bonds is 3. The first-order valence-corrected chi connectivity index (χ1v) is 6.91. The molecule has 21 heavy (non-hydrogen) atoms. The van der Waals surface area contributed by atoms with Crippen LogP contribution in [0.15, 0.2) is 17.1 Å². The van der Waals surface area contributed by atoms with Gasteiger partial charge in [0.1, 0.15) is 6.73 Å². The lowest BCUT2D eigenvalue weighted by atomic mass is 10.1.